The van der Waals surface area contributed by atoms with Gasteiger partial charge in [0.15, 0.2) is 0 Å². The van der Waals surface area contributed by atoms with Crippen molar-refractivity contribution in [3.8, 4) is 0 Å². The Labute approximate surface area is 141 Å². The molecule has 0 aliphatic rings. The van der Waals surface area contributed by atoms with Crippen LogP contribution in [-0.2, 0) is 0 Å². The van der Waals surface area contributed by atoms with E-state index in [2.05, 4.69) is 65.5 Å². The maximum atomic E-state index is 3.56. The second-order valence-electron chi connectivity index (χ2n) is 5.90. The average molecular weight is 305 g/mol. The molecule has 22 heavy (non-hydrogen) atoms. The Morgan fingerprint density at radius 3 is 1.68 bits per heavy atom. The molecule has 1 aromatic carbocycles. The van der Waals surface area contributed by atoms with E-state index in [0.29, 0.717) is 5.92 Å². The van der Waals surface area contributed by atoms with E-state index in [-0.39, 0.29) is 14.9 Å². The summed E-state index contributed by atoms with van der Waals surface area (Å²) in [4.78, 5) is 0. The Morgan fingerprint density at radius 2 is 1.36 bits per heavy atom. The minimum absolute atomic E-state index is 0. The van der Waals surface area contributed by atoms with Gasteiger partial charge in [-0.05, 0) is 63.2 Å². The van der Waals surface area contributed by atoms with Gasteiger partial charge in [-0.25, -0.2) is 0 Å². The Bertz CT molecular complexity index is 428. The smallest absolute Gasteiger partial charge is 0.0193 e. The van der Waals surface area contributed by atoms with Crippen molar-refractivity contribution in [3.63, 3.8) is 0 Å². The predicted molar refractivity (Wildman–Crippen MR) is 108 cm³/mol. The lowest BCUT2D eigenvalue weighted by molar-refractivity contribution is 0.733. The summed E-state index contributed by atoms with van der Waals surface area (Å²) in [6.45, 7) is 18.7. The van der Waals surface area contributed by atoms with Crippen molar-refractivity contribution in [2.75, 3.05) is 0 Å². The first-order valence-electron chi connectivity index (χ1n) is 7.72. The van der Waals surface area contributed by atoms with E-state index < -0.39 is 0 Å². The summed E-state index contributed by atoms with van der Waals surface area (Å²) in [5.41, 5.74) is 6.90. The van der Waals surface area contributed by atoms with Gasteiger partial charge in [0.1, 0.15) is 0 Å². The molecule has 0 aromatic heterocycles. The molecule has 1 atom stereocenters. The molecule has 0 radical (unpaired) electrons. The maximum Gasteiger partial charge on any atom is -0.0193 e. The van der Waals surface area contributed by atoms with Crippen LogP contribution in [0.25, 0.3) is 5.57 Å². The molecule has 0 fully saturated rings. The van der Waals surface area contributed by atoms with Crippen LogP contribution < -0.4 is 0 Å². The van der Waals surface area contributed by atoms with Crippen LogP contribution in [0.15, 0.2) is 42.0 Å². The van der Waals surface area contributed by atoms with Crippen molar-refractivity contribution < 1.29 is 0 Å². The lowest BCUT2D eigenvalue weighted by Crippen LogP contribution is -1.92. The number of allylic oxidation sites excluding steroid dienone is 3. The van der Waals surface area contributed by atoms with Crippen LogP contribution in [0.5, 0.6) is 0 Å². The van der Waals surface area contributed by atoms with E-state index in [1.54, 1.807) is 0 Å². The lowest BCUT2D eigenvalue weighted by Gasteiger charge is -2.11. The fourth-order valence-electron chi connectivity index (χ4n) is 1.81. The summed E-state index contributed by atoms with van der Waals surface area (Å²) in [5.74, 6) is 0.672. The average Bonchev–Trinajstić information content (AvgIpc) is 2.44. The molecule has 1 aromatic rings. The quantitative estimate of drug-likeness (QED) is 0.491. The minimum Gasteiger partial charge on any atom is -0.100 e. The van der Waals surface area contributed by atoms with E-state index in [9.17, 15) is 0 Å². The Hall–Kier alpha value is -1.30. The van der Waals surface area contributed by atoms with Crippen molar-refractivity contribution >= 4 is 5.57 Å². The summed E-state index contributed by atoms with van der Waals surface area (Å²) < 4.78 is 0. The van der Waals surface area contributed by atoms with Gasteiger partial charge in [-0.3, -0.25) is 0 Å². The molecule has 0 heterocycles. The van der Waals surface area contributed by atoms with Crippen LogP contribution in [0.3, 0.4) is 0 Å². The third-order valence-corrected chi connectivity index (χ3v) is 3.70. The van der Waals surface area contributed by atoms with Crippen LogP contribution >= 0.6 is 0 Å². The maximum absolute atomic E-state index is 3.56. The van der Waals surface area contributed by atoms with E-state index >= 15 is 0 Å². The molecule has 0 saturated carbocycles. The molecule has 128 valence electrons. The number of rotatable bonds is 4. The second kappa shape index (κ2) is 13.4. The third-order valence-electron chi connectivity index (χ3n) is 3.70. The standard InChI is InChI=1S/C16H24.C4H8.2CH4/c1-6-12(3)14(5)16-10-8-15(9-11-16)13(4)7-2;1-4(2)3;;/h8-11,13H,6-7H2,1-5H3;1H2,2-3H3;2*1H4/b14-12-;;;. The summed E-state index contributed by atoms with van der Waals surface area (Å²) in [5, 5.41) is 0. The number of hydrogen-bond acceptors (Lipinski definition) is 0. The van der Waals surface area contributed by atoms with Gasteiger partial charge in [-0.15, -0.1) is 6.58 Å². The van der Waals surface area contributed by atoms with Crippen LogP contribution in [-0.4, -0.2) is 0 Å². The number of hydrogen-bond donors (Lipinski definition) is 0. The van der Waals surface area contributed by atoms with Crippen LogP contribution in [0, 0.1) is 0 Å². The largest absolute Gasteiger partial charge is 0.100 e. The van der Waals surface area contributed by atoms with Gasteiger partial charge in [-0.1, -0.05) is 71.0 Å². The number of benzene rings is 1. The van der Waals surface area contributed by atoms with Crippen molar-refractivity contribution in [3.05, 3.63) is 53.1 Å². The first kappa shape index (κ1) is 25.6. The van der Waals surface area contributed by atoms with Crippen LogP contribution in [0.2, 0.25) is 0 Å². The summed E-state index contributed by atoms with van der Waals surface area (Å²) in [6.07, 6.45) is 2.35. The molecule has 0 amide bonds. The molecule has 0 saturated heterocycles. The Kier molecular flexibility index (Phi) is 15.6. The van der Waals surface area contributed by atoms with Gasteiger partial charge in [0.2, 0.25) is 0 Å². The molecule has 0 bridgehead atoms. The Balaban J connectivity index is -0.000000538. The van der Waals surface area contributed by atoms with Crippen molar-refractivity contribution in [1.82, 2.24) is 0 Å². The van der Waals surface area contributed by atoms with Gasteiger partial charge >= 0.3 is 0 Å². The summed E-state index contributed by atoms with van der Waals surface area (Å²) >= 11 is 0. The topological polar surface area (TPSA) is 0 Å². The van der Waals surface area contributed by atoms with E-state index in [4.69, 9.17) is 0 Å². The van der Waals surface area contributed by atoms with Crippen molar-refractivity contribution in [1.29, 1.82) is 0 Å². The molecular weight excluding hydrogens is 264 g/mol. The van der Waals surface area contributed by atoms with E-state index in [1.807, 2.05) is 13.8 Å². The van der Waals surface area contributed by atoms with Crippen molar-refractivity contribution in [2.45, 2.75) is 82.1 Å². The highest BCUT2D eigenvalue weighted by Crippen LogP contribution is 2.24. The van der Waals surface area contributed by atoms with Gasteiger partial charge < -0.3 is 0 Å². The van der Waals surface area contributed by atoms with E-state index in [1.165, 1.54) is 34.3 Å². The lowest BCUT2D eigenvalue weighted by atomic mass is 9.94. The first-order valence-corrected chi connectivity index (χ1v) is 7.72. The van der Waals surface area contributed by atoms with Gasteiger partial charge in [0.05, 0.1) is 0 Å². The fraction of sp³-hybridized carbons (Fsp3) is 0.545. The monoisotopic (exact) mass is 304 g/mol. The van der Waals surface area contributed by atoms with Crippen LogP contribution in [0.1, 0.15) is 93.2 Å². The predicted octanol–water partition coefficient (Wildman–Crippen LogP) is 8.26. The molecule has 0 nitrogen and oxygen atoms in total. The SMILES string of the molecule is C.C.C=C(C)C.CC/C(C)=C(/C)c1ccc(C(C)CC)cc1. The zero-order chi connectivity index (χ0) is 15.7. The normalized spacial score (nSPS) is 11.8. The van der Waals surface area contributed by atoms with Crippen LogP contribution in [0.4, 0.5) is 0 Å². The molecule has 0 aliphatic carbocycles. The first-order chi connectivity index (χ1) is 9.33. The fourth-order valence-corrected chi connectivity index (χ4v) is 1.81. The van der Waals surface area contributed by atoms with Gasteiger partial charge in [-0.2, -0.15) is 0 Å². The molecule has 0 N–H and O–H groups in total. The van der Waals surface area contributed by atoms with Gasteiger partial charge in [0.25, 0.3) is 0 Å². The van der Waals surface area contributed by atoms with Crippen molar-refractivity contribution in [2.24, 2.45) is 0 Å². The molecule has 1 rings (SSSR count). The Morgan fingerprint density at radius 1 is 0.955 bits per heavy atom. The van der Waals surface area contributed by atoms with E-state index in [0.717, 1.165) is 6.42 Å². The molecular formula is C22H40. The highest BCUT2D eigenvalue weighted by atomic mass is 14.1. The van der Waals surface area contributed by atoms with Gasteiger partial charge in [0, 0.05) is 0 Å². The zero-order valence-electron chi connectivity index (χ0n) is 14.5. The zero-order valence-corrected chi connectivity index (χ0v) is 14.5. The highest BCUT2D eigenvalue weighted by Gasteiger charge is 2.04. The molecule has 0 spiro atoms. The molecule has 0 heteroatoms. The second-order valence-corrected chi connectivity index (χ2v) is 5.90. The summed E-state index contributed by atoms with van der Waals surface area (Å²) in [7, 11) is 0. The molecule has 0 aliphatic heterocycles. The summed E-state index contributed by atoms with van der Waals surface area (Å²) in [6, 6.07) is 9.07. The third kappa shape index (κ3) is 9.60. The minimum atomic E-state index is 0. The molecule has 1 unspecified atom stereocenters. The highest BCUT2D eigenvalue weighted by molar-refractivity contribution is 5.66.